The highest BCUT2D eigenvalue weighted by atomic mass is 16.6. The number of fused-ring (bicyclic) bond motifs is 2. The number of rotatable bonds is 4. The Morgan fingerprint density at radius 2 is 1.81 bits per heavy atom. The number of ether oxygens (including phenoxy) is 2. The number of benzene rings is 2. The van der Waals surface area contributed by atoms with Crippen LogP contribution in [-0.4, -0.2) is 34.9 Å². The van der Waals surface area contributed by atoms with Crippen LogP contribution in [0.1, 0.15) is 11.3 Å². The molecule has 3 aromatic rings. The first kappa shape index (κ1) is 16.6. The Balaban J connectivity index is 1.55. The summed E-state index contributed by atoms with van der Waals surface area (Å²) in [6, 6.07) is 13.5. The first-order valence-corrected chi connectivity index (χ1v) is 8.65. The van der Waals surface area contributed by atoms with Crippen LogP contribution >= 0.6 is 0 Å². The van der Waals surface area contributed by atoms with E-state index in [9.17, 15) is 4.79 Å². The molecule has 2 aromatic carbocycles. The fourth-order valence-electron chi connectivity index (χ4n) is 3.28. The minimum absolute atomic E-state index is 0.0692. The minimum Gasteiger partial charge on any atom is -0.486 e. The van der Waals surface area contributed by atoms with E-state index in [2.05, 4.69) is 5.10 Å². The Bertz CT molecular complexity index is 1010. The lowest BCUT2D eigenvalue weighted by Gasteiger charge is -2.21. The molecule has 0 spiro atoms. The molecule has 4 rings (SSSR count). The van der Waals surface area contributed by atoms with Gasteiger partial charge in [0.25, 0.3) is 5.56 Å². The third-order valence-corrected chi connectivity index (χ3v) is 4.49. The Kier molecular flexibility index (Phi) is 4.34. The second-order valence-electron chi connectivity index (χ2n) is 6.57. The van der Waals surface area contributed by atoms with Gasteiger partial charge in [-0.1, -0.05) is 24.3 Å². The van der Waals surface area contributed by atoms with Crippen molar-refractivity contribution < 1.29 is 9.47 Å². The average Bonchev–Trinajstić information content (AvgIpc) is 2.66. The zero-order valence-electron chi connectivity index (χ0n) is 14.9. The molecule has 0 N–H and O–H groups in total. The summed E-state index contributed by atoms with van der Waals surface area (Å²) < 4.78 is 12.7. The van der Waals surface area contributed by atoms with E-state index < -0.39 is 0 Å². The Hall–Kier alpha value is -2.86. The predicted octanol–water partition coefficient (Wildman–Crippen LogP) is 2.57. The lowest BCUT2D eigenvalue weighted by molar-refractivity contribution is 0.171. The molecule has 2 heterocycles. The van der Waals surface area contributed by atoms with Crippen LogP contribution in [0.3, 0.4) is 0 Å². The van der Waals surface area contributed by atoms with Crippen molar-refractivity contribution in [2.75, 3.05) is 20.3 Å². The van der Waals surface area contributed by atoms with Gasteiger partial charge < -0.3 is 9.47 Å². The van der Waals surface area contributed by atoms with Crippen LogP contribution in [0.25, 0.3) is 10.8 Å². The van der Waals surface area contributed by atoms with Crippen molar-refractivity contribution in [3.8, 4) is 11.5 Å². The molecular weight excluding hydrogens is 330 g/mol. The van der Waals surface area contributed by atoms with Gasteiger partial charge in [0.15, 0.2) is 11.5 Å². The molecule has 26 heavy (non-hydrogen) atoms. The standard InChI is InChI=1S/C20H21N3O3/c1-14-16-5-3-4-6-17(16)20(24)23(21-14)13-22(2)12-15-7-8-18-19(11-15)26-10-9-25-18/h3-8,11H,9-10,12-13H2,1-2H3. The van der Waals surface area contributed by atoms with Crippen molar-refractivity contribution in [3.63, 3.8) is 0 Å². The summed E-state index contributed by atoms with van der Waals surface area (Å²) in [5.41, 5.74) is 1.88. The third-order valence-electron chi connectivity index (χ3n) is 4.49. The molecule has 0 atom stereocenters. The van der Waals surface area contributed by atoms with Gasteiger partial charge in [-0.2, -0.15) is 5.10 Å². The number of aromatic nitrogens is 2. The maximum Gasteiger partial charge on any atom is 0.275 e. The highest BCUT2D eigenvalue weighted by Crippen LogP contribution is 2.31. The molecule has 6 heteroatoms. The van der Waals surface area contributed by atoms with Gasteiger partial charge in [-0.25, -0.2) is 4.68 Å². The summed E-state index contributed by atoms with van der Waals surface area (Å²) in [7, 11) is 1.97. The van der Waals surface area contributed by atoms with Crippen LogP contribution in [0, 0.1) is 6.92 Å². The second kappa shape index (κ2) is 6.80. The molecule has 6 nitrogen and oxygen atoms in total. The summed E-state index contributed by atoms with van der Waals surface area (Å²) in [4.78, 5) is 14.7. The van der Waals surface area contributed by atoms with E-state index in [0.29, 0.717) is 31.8 Å². The Morgan fingerprint density at radius 1 is 1.08 bits per heavy atom. The van der Waals surface area contributed by atoms with E-state index in [1.807, 2.05) is 61.3 Å². The molecule has 0 saturated heterocycles. The van der Waals surface area contributed by atoms with Gasteiger partial charge in [-0.15, -0.1) is 0 Å². The lowest BCUT2D eigenvalue weighted by atomic mass is 10.1. The largest absolute Gasteiger partial charge is 0.486 e. The van der Waals surface area contributed by atoms with Crippen molar-refractivity contribution in [1.82, 2.24) is 14.7 Å². The molecule has 0 bridgehead atoms. The molecule has 1 aliphatic heterocycles. The second-order valence-corrected chi connectivity index (χ2v) is 6.57. The SMILES string of the molecule is Cc1nn(CN(C)Cc2ccc3c(c2)OCCO3)c(=O)c2ccccc12. The Morgan fingerprint density at radius 3 is 2.62 bits per heavy atom. The van der Waals surface area contributed by atoms with Crippen LogP contribution < -0.4 is 15.0 Å². The molecule has 1 aromatic heterocycles. The average molecular weight is 351 g/mol. The first-order valence-electron chi connectivity index (χ1n) is 8.65. The Labute approximate surface area is 151 Å². The highest BCUT2D eigenvalue weighted by Gasteiger charge is 2.13. The van der Waals surface area contributed by atoms with Gasteiger partial charge in [-0.3, -0.25) is 9.69 Å². The normalized spacial score (nSPS) is 13.3. The van der Waals surface area contributed by atoms with Crippen molar-refractivity contribution >= 4 is 10.8 Å². The van der Waals surface area contributed by atoms with Gasteiger partial charge in [0, 0.05) is 11.9 Å². The maximum absolute atomic E-state index is 12.7. The monoisotopic (exact) mass is 351 g/mol. The van der Waals surface area contributed by atoms with Gasteiger partial charge >= 0.3 is 0 Å². The zero-order chi connectivity index (χ0) is 18.1. The first-order chi connectivity index (χ1) is 12.6. The van der Waals surface area contributed by atoms with Crippen LogP contribution in [0.2, 0.25) is 0 Å². The van der Waals surface area contributed by atoms with Crippen LogP contribution in [0.5, 0.6) is 11.5 Å². The maximum atomic E-state index is 12.7. The number of hydrogen-bond donors (Lipinski definition) is 0. The van der Waals surface area contributed by atoms with Crippen molar-refractivity contribution in [2.24, 2.45) is 0 Å². The number of nitrogens with zero attached hydrogens (tertiary/aromatic N) is 3. The van der Waals surface area contributed by atoms with Crippen LogP contribution in [0.15, 0.2) is 47.3 Å². The number of aryl methyl sites for hydroxylation is 1. The minimum atomic E-state index is -0.0692. The lowest BCUT2D eigenvalue weighted by Crippen LogP contribution is -2.32. The van der Waals surface area contributed by atoms with E-state index >= 15 is 0 Å². The topological polar surface area (TPSA) is 56.6 Å². The van der Waals surface area contributed by atoms with Gasteiger partial charge in [-0.05, 0) is 37.7 Å². The molecule has 0 unspecified atom stereocenters. The summed E-state index contributed by atoms with van der Waals surface area (Å²) in [6.07, 6.45) is 0. The van der Waals surface area contributed by atoms with Crippen molar-refractivity contribution in [3.05, 3.63) is 64.1 Å². The summed E-state index contributed by atoms with van der Waals surface area (Å²) in [6.45, 7) is 4.18. The van der Waals surface area contributed by atoms with E-state index in [1.54, 1.807) is 0 Å². The summed E-state index contributed by atoms with van der Waals surface area (Å²) in [5.74, 6) is 1.56. The highest BCUT2D eigenvalue weighted by molar-refractivity contribution is 5.83. The fourth-order valence-corrected chi connectivity index (χ4v) is 3.28. The molecule has 0 radical (unpaired) electrons. The van der Waals surface area contributed by atoms with Gasteiger partial charge in [0.1, 0.15) is 13.2 Å². The molecule has 1 aliphatic rings. The van der Waals surface area contributed by atoms with Crippen molar-refractivity contribution in [1.29, 1.82) is 0 Å². The predicted molar refractivity (Wildman–Crippen MR) is 99.6 cm³/mol. The molecule has 0 amide bonds. The third kappa shape index (κ3) is 3.15. The van der Waals surface area contributed by atoms with Crippen LogP contribution in [-0.2, 0) is 13.2 Å². The molecular formula is C20H21N3O3. The molecule has 0 fully saturated rings. The van der Waals surface area contributed by atoms with Crippen molar-refractivity contribution in [2.45, 2.75) is 20.1 Å². The summed E-state index contributed by atoms with van der Waals surface area (Å²) in [5, 5.41) is 6.08. The van der Waals surface area contributed by atoms with E-state index in [0.717, 1.165) is 28.1 Å². The fraction of sp³-hybridized carbons (Fsp3) is 0.300. The van der Waals surface area contributed by atoms with E-state index in [4.69, 9.17) is 9.47 Å². The quantitative estimate of drug-likeness (QED) is 0.723. The van der Waals surface area contributed by atoms with Gasteiger partial charge in [0.2, 0.25) is 0 Å². The van der Waals surface area contributed by atoms with E-state index in [1.165, 1.54) is 4.68 Å². The molecule has 0 aliphatic carbocycles. The van der Waals surface area contributed by atoms with Gasteiger partial charge in [0.05, 0.1) is 17.7 Å². The molecule has 0 saturated carbocycles. The molecule has 134 valence electrons. The number of hydrogen-bond acceptors (Lipinski definition) is 5. The van der Waals surface area contributed by atoms with Crippen LogP contribution in [0.4, 0.5) is 0 Å². The zero-order valence-corrected chi connectivity index (χ0v) is 14.9. The summed E-state index contributed by atoms with van der Waals surface area (Å²) >= 11 is 0. The smallest absolute Gasteiger partial charge is 0.275 e. The van der Waals surface area contributed by atoms with E-state index in [-0.39, 0.29) is 5.56 Å².